The minimum atomic E-state index is -0.508. The number of imide groups is 1. The van der Waals surface area contributed by atoms with Gasteiger partial charge in [0, 0.05) is 11.3 Å². The van der Waals surface area contributed by atoms with Crippen LogP contribution in [-0.2, 0) is 16.0 Å². The number of benzene rings is 2. The molecule has 8 heteroatoms. The highest BCUT2D eigenvalue weighted by molar-refractivity contribution is 8.18. The first-order chi connectivity index (χ1) is 16.4. The molecule has 0 spiro atoms. The van der Waals surface area contributed by atoms with Gasteiger partial charge in [-0.15, -0.1) is 6.58 Å². The van der Waals surface area contributed by atoms with Gasteiger partial charge in [0.15, 0.2) is 11.5 Å². The molecule has 178 valence electrons. The van der Waals surface area contributed by atoms with Gasteiger partial charge in [0.2, 0.25) is 5.91 Å². The van der Waals surface area contributed by atoms with E-state index in [0.717, 1.165) is 27.8 Å². The van der Waals surface area contributed by atoms with E-state index in [1.807, 2.05) is 39.0 Å². The third-order valence-electron chi connectivity index (χ3n) is 4.92. The molecule has 0 bridgehead atoms. The molecule has 3 amide bonds. The summed E-state index contributed by atoms with van der Waals surface area (Å²) in [5.74, 6) is 0.250. The van der Waals surface area contributed by atoms with Crippen molar-refractivity contribution in [2.24, 2.45) is 0 Å². The van der Waals surface area contributed by atoms with E-state index in [2.05, 4.69) is 11.9 Å². The minimum Gasteiger partial charge on any atom is -0.490 e. The van der Waals surface area contributed by atoms with Crippen LogP contribution >= 0.6 is 11.8 Å². The van der Waals surface area contributed by atoms with E-state index in [0.29, 0.717) is 42.4 Å². The number of hydrogen-bond acceptors (Lipinski definition) is 6. The van der Waals surface area contributed by atoms with Crippen LogP contribution in [0.2, 0.25) is 0 Å². The van der Waals surface area contributed by atoms with Gasteiger partial charge < -0.3 is 14.8 Å². The number of nitrogens with zero attached hydrogens (tertiary/aromatic N) is 1. The Kier molecular flexibility index (Phi) is 8.54. The zero-order valence-electron chi connectivity index (χ0n) is 19.6. The fraction of sp³-hybridized carbons (Fsp3) is 0.269. The van der Waals surface area contributed by atoms with Crippen LogP contribution in [0.25, 0.3) is 6.08 Å². The van der Waals surface area contributed by atoms with E-state index in [1.165, 1.54) is 0 Å². The summed E-state index contributed by atoms with van der Waals surface area (Å²) in [5, 5.41) is 2.22. The standard InChI is InChI=1S/C26H28N2O5S/c1-5-8-19-13-18(14-21(32-6-2)24(19)33-7-3)15-22-25(30)28(26(31)34-22)16-23(29)27-20-11-9-17(4)10-12-20/h5,9-15H,1,6-8,16H2,2-4H3,(H,27,29)/b22-15+. The first-order valence-electron chi connectivity index (χ1n) is 11.0. The first kappa shape index (κ1) is 25.1. The lowest BCUT2D eigenvalue weighted by Gasteiger charge is -2.16. The van der Waals surface area contributed by atoms with Gasteiger partial charge in [0.1, 0.15) is 6.54 Å². The van der Waals surface area contributed by atoms with Gasteiger partial charge in [0.05, 0.1) is 18.1 Å². The molecule has 7 nitrogen and oxygen atoms in total. The zero-order valence-corrected chi connectivity index (χ0v) is 20.4. The normalized spacial score (nSPS) is 14.4. The highest BCUT2D eigenvalue weighted by atomic mass is 32.2. The summed E-state index contributed by atoms with van der Waals surface area (Å²) in [4.78, 5) is 39.0. The lowest BCUT2D eigenvalue weighted by atomic mass is 10.0. The third kappa shape index (κ3) is 6.08. The fourth-order valence-electron chi connectivity index (χ4n) is 3.41. The number of nitrogens with one attached hydrogen (secondary N) is 1. The molecule has 1 saturated heterocycles. The van der Waals surface area contributed by atoms with Crippen LogP contribution in [0.15, 0.2) is 54.0 Å². The molecule has 34 heavy (non-hydrogen) atoms. The molecule has 0 aliphatic carbocycles. The van der Waals surface area contributed by atoms with E-state index in [9.17, 15) is 14.4 Å². The highest BCUT2D eigenvalue weighted by Gasteiger charge is 2.36. The van der Waals surface area contributed by atoms with E-state index < -0.39 is 17.1 Å². The van der Waals surface area contributed by atoms with Gasteiger partial charge >= 0.3 is 0 Å². The lowest BCUT2D eigenvalue weighted by Crippen LogP contribution is -2.36. The number of hydrogen-bond donors (Lipinski definition) is 1. The van der Waals surface area contributed by atoms with Crippen LogP contribution in [-0.4, -0.2) is 41.7 Å². The summed E-state index contributed by atoms with van der Waals surface area (Å²) >= 11 is 0.806. The van der Waals surface area contributed by atoms with Gasteiger partial charge in [-0.1, -0.05) is 23.8 Å². The summed E-state index contributed by atoms with van der Waals surface area (Å²) in [6, 6.07) is 10.9. The average Bonchev–Trinajstić information content (AvgIpc) is 3.05. The van der Waals surface area contributed by atoms with Gasteiger partial charge in [-0.05, 0) is 74.9 Å². The van der Waals surface area contributed by atoms with Crippen LogP contribution < -0.4 is 14.8 Å². The molecule has 0 saturated carbocycles. The Hall–Kier alpha value is -3.52. The maximum atomic E-state index is 12.9. The summed E-state index contributed by atoms with van der Waals surface area (Å²) in [7, 11) is 0. The monoisotopic (exact) mass is 480 g/mol. The van der Waals surface area contributed by atoms with Crippen molar-refractivity contribution in [3.8, 4) is 11.5 Å². The molecule has 1 fully saturated rings. The number of rotatable bonds is 10. The highest BCUT2D eigenvalue weighted by Crippen LogP contribution is 2.37. The Morgan fingerprint density at radius 3 is 2.47 bits per heavy atom. The van der Waals surface area contributed by atoms with E-state index >= 15 is 0 Å². The van der Waals surface area contributed by atoms with Gasteiger partial charge in [0.25, 0.3) is 11.1 Å². The molecule has 1 aliphatic heterocycles. The number of thioether (sulfide) groups is 1. The second-order valence-electron chi connectivity index (χ2n) is 7.55. The SMILES string of the molecule is C=CCc1cc(/C=C2/SC(=O)N(CC(=O)Nc3ccc(C)cc3)C2=O)cc(OCC)c1OCC. The summed E-state index contributed by atoms with van der Waals surface area (Å²) < 4.78 is 11.5. The Morgan fingerprint density at radius 1 is 1.12 bits per heavy atom. The lowest BCUT2D eigenvalue weighted by molar-refractivity contribution is -0.127. The topological polar surface area (TPSA) is 84.9 Å². The second kappa shape index (κ2) is 11.6. The Morgan fingerprint density at radius 2 is 1.82 bits per heavy atom. The molecular weight excluding hydrogens is 452 g/mol. The maximum Gasteiger partial charge on any atom is 0.294 e. The molecule has 1 N–H and O–H groups in total. The Balaban J connectivity index is 1.81. The van der Waals surface area contributed by atoms with Crippen molar-refractivity contribution in [2.45, 2.75) is 27.2 Å². The number of aryl methyl sites for hydroxylation is 1. The molecule has 0 aromatic heterocycles. The van der Waals surface area contributed by atoms with Crippen LogP contribution in [0.4, 0.5) is 10.5 Å². The Bertz CT molecular complexity index is 1120. The third-order valence-corrected chi connectivity index (χ3v) is 5.82. The fourth-order valence-corrected chi connectivity index (χ4v) is 4.25. The number of carbonyl (C=O) groups excluding carboxylic acids is 3. The molecular formula is C26H28N2O5S. The van der Waals surface area contributed by atoms with Gasteiger partial charge in [-0.25, -0.2) is 0 Å². The molecule has 0 atom stereocenters. The quantitative estimate of drug-likeness (QED) is 0.372. The average molecular weight is 481 g/mol. The second-order valence-corrected chi connectivity index (χ2v) is 8.54. The summed E-state index contributed by atoms with van der Waals surface area (Å²) in [6.07, 6.45) is 3.95. The largest absolute Gasteiger partial charge is 0.490 e. The van der Waals surface area contributed by atoms with Crippen molar-refractivity contribution in [1.29, 1.82) is 0 Å². The van der Waals surface area contributed by atoms with Gasteiger partial charge in [-0.2, -0.15) is 0 Å². The van der Waals surface area contributed by atoms with E-state index in [1.54, 1.807) is 30.4 Å². The number of anilines is 1. The predicted molar refractivity (Wildman–Crippen MR) is 135 cm³/mol. The molecule has 0 radical (unpaired) electrons. The minimum absolute atomic E-state index is 0.240. The number of allylic oxidation sites excluding steroid dienone is 1. The molecule has 1 heterocycles. The molecule has 1 aliphatic rings. The van der Waals surface area contributed by atoms with Crippen LogP contribution in [0.5, 0.6) is 11.5 Å². The van der Waals surface area contributed by atoms with Crippen molar-refractivity contribution < 1.29 is 23.9 Å². The van der Waals surface area contributed by atoms with Crippen LogP contribution in [0.3, 0.4) is 0 Å². The number of amides is 3. The zero-order chi connectivity index (χ0) is 24.7. The summed E-state index contributed by atoms with van der Waals surface area (Å²) in [6.45, 7) is 10.1. The molecule has 3 rings (SSSR count). The first-order valence-corrected chi connectivity index (χ1v) is 11.8. The van der Waals surface area contributed by atoms with Gasteiger partial charge in [-0.3, -0.25) is 19.3 Å². The van der Waals surface area contributed by atoms with E-state index in [4.69, 9.17) is 9.47 Å². The van der Waals surface area contributed by atoms with E-state index in [-0.39, 0.29) is 11.4 Å². The summed E-state index contributed by atoms with van der Waals surface area (Å²) in [5.41, 5.74) is 3.22. The van der Waals surface area contributed by atoms with Crippen molar-refractivity contribution in [3.63, 3.8) is 0 Å². The Labute approximate surface area is 203 Å². The van der Waals surface area contributed by atoms with Crippen LogP contribution in [0.1, 0.15) is 30.5 Å². The van der Waals surface area contributed by atoms with Crippen LogP contribution in [0, 0.1) is 6.92 Å². The number of ether oxygens (including phenoxy) is 2. The van der Waals surface area contributed by atoms with Crippen molar-refractivity contribution in [2.75, 3.05) is 25.1 Å². The van der Waals surface area contributed by atoms with Crippen molar-refractivity contribution >= 4 is 40.6 Å². The molecule has 0 unspecified atom stereocenters. The van der Waals surface area contributed by atoms with Crippen molar-refractivity contribution in [1.82, 2.24) is 4.90 Å². The number of carbonyl (C=O) groups is 3. The van der Waals surface area contributed by atoms with Crippen molar-refractivity contribution in [3.05, 3.63) is 70.6 Å². The molecule has 2 aromatic rings. The maximum absolute atomic E-state index is 12.9. The smallest absolute Gasteiger partial charge is 0.294 e. The predicted octanol–water partition coefficient (Wildman–Crippen LogP) is 5.20. The molecule has 2 aromatic carbocycles.